The Kier molecular flexibility index (Phi) is 7.15. The summed E-state index contributed by atoms with van der Waals surface area (Å²) in [4.78, 5) is 0. The molecule has 0 amide bonds. The third kappa shape index (κ3) is 4.84. The minimum Gasteiger partial charge on any atom is -0.394 e. The summed E-state index contributed by atoms with van der Waals surface area (Å²) in [5.74, 6) is 0. The van der Waals surface area contributed by atoms with E-state index in [2.05, 4.69) is 5.32 Å². The van der Waals surface area contributed by atoms with E-state index in [4.69, 9.17) is 4.74 Å². The second-order valence-corrected chi connectivity index (χ2v) is 5.42. The van der Waals surface area contributed by atoms with Gasteiger partial charge in [-0.3, -0.25) is 0 Å². The maximum atomic E-state index is 9.89. The van der Waals surface area contributed by atoms with E-state index in [1.54, 1.807) is 0 Å². The number of rotatable bonds is 9. The van der Waals surface area contributed by atoms with Crippen molar-refractivity contribution >= 4 is 0 Å². The van der Waals surface area contributed by atoms with E-state index in [0.29, 0.717) is 19.3 Å². The molecule has 1 atom stereocenters. The summed E-state index contributed by atoms with van der Waals surface area (Å²) in [6, 6.07) is 0. The van der Waals surface area contributed by atoms with Gasteiger partial charge in [0.2, 0.25) is 0 Å². The summed E-state index contributed by atoms with van der Waals surface area (Å²) in [7, 11) is 0. The lowest BCUT2D eigenvalue weighted by Gasteiger charge is -2.32. The van der Waals surface area contributed by atoms with E-state index in [-0.39, 0.29) is 12.1 Å². The van der Waals surface area contributed by atoms with E-state index in [1.165, 1.54) is 12.8 Å². The zero-order valence-electron chi connectivity index (χ0n) is 11.8. The maximum absolute atomic E-state index is 9.89. The minimum atomic E-state index is -0.491. The molecule has 0 heterocycles. The molecule has 1 aliphatic rings. The van der Waals surface area contributed by atoms with Gasteiger partial charge in [-0.05, 0) is 25.7 Å². The van der Waals surface area contributed by atoms with Crippen LogP contribution in [0.3, 0.4) is 0 Å². The normalized spacial score (nSPS) is 19.3. The molecule has 4 nitrogen and oxygen atoms in total. The van der Waals surface area contributed by atoms with Crippen LogP contribution < -0.4 is 5.32 Å². The van der Waals surface area contributed by atoms with Crippen LogP contribution in [0.15, 0.2) is 0 Å². The third-order valence-corrected chi connectivity index (χ3v) is 4.20. The number of hydrogen-bond donors (Lipinski definition) is 3. The summed E-state index contributed by atoms with van der Waals surface area (Å²) in [6.45, 7) is 5.08. The highest BCUT2D eigenvalue weighted by atomic mass is 16.5. The van der Waals surface area contributed by atoms with Gasteiger partial charge in [0.25, 0.3) is 0 Å². The first kappa shape index (κ1) is 15.9. The van der Waals surface area contributed by atoms with Gasteiger partial charge in [-0.2, -0.15) is 0 Å². The van der Waals surface area contributed by atoms with E-state index in [1.807, 2.05) is 13.8 Å². The minimum absolute atomic E-state index is 0.107. The van der Waals surface area contributed by atoms with Crippen molar-refractivity contribution in [1.82, 2.24) is 5.32 Å². The van der Waals surface area contributed by atoms with Crippen molar-refractivity contribution in [2.45, 2.75) is 70.1 Å². The number of hydrogen-bond acceptors (Lipinski definition) is 4. The van der Waals surface area contributed by atoms with Crippen molar-refractivity contribution < 1.29 is 14.9 Å². The molecule has 1 aliphatic carbocycles. The quantitative estimate of drug-likeness (QED) is 0.586. The van der Waals surface area contributed by atoms with E-state index < -0.39 is 6.10 Å². The standard InChI is InChI=1S/C14H29NO3/c1-3-14(4-2,11-16)15-9-12(17)10-18-13-7-5-6-8-13/h12-13,15-17H,3-11H2,1-2H3. The van der Waals surface area contributed by atoms with Gasteiger partial charge in [0, 0.05) is 12.1 Å². The van der Waals surface area contributed by atoms with Crippen molar-refractivity contribution in [2.75, 3.05) is 19.8 Å². The molecule has 0 bridgehead atoms. The van der Waals surface area contributed by atoms with E-state index >= 15 is 0 Å². The van der Waals surface area contributed by atoms with Crippen molar-refractivity contribution in [3.63, 3.8) is 0 Å². The van der Waals surface area contributed by atoms with Crippen molar-refractivity contribution in [3.05, 3.63) is 0 Å². The van der Waals surface area contributed by atoms with Crippen LogP contribution >= 0.6 is 0 Å². The summed E-state index contributed by atoms with van der Waals surface area (Å²) in [5, 5.41) is 22.6. The second kappa shape index (κ2) is 8.10. The Bertz CT molecular complexity index is 205. The van der Waals surface area contributed by atoms with Gasteiger partial charge in [-0.25, -0.2) is 0 Å². The van der Waals surface area contributed by atoms with Crippen LogP contribution in [0.2, 0.25) is 0 Å². The molecule has 108 valence electrons. The zero-order valence-corrected chi connectivity index (χ0v) is 11.8. The zero-order chi connectivity index (χ0) is 13.4. The topological polar surface area (TPSA) is 61.7 Å². The molecule has 0 spiro atoms. The largest absolute Gasteiger partial charge is 0.394 e. The molecule has 0 saturated heterocycles. The van der Waals surface area contributed by atoms with Crippen LogP contribution in [-0.4, -0.2) is 47.7 Å². The van der Waals surface area contributed by atoms with Crippen molar-refractivity contribution in [1.29, 1.82) is 0 Å². The molecule has 1 saturated carbocycles. The van der Waals surface area contributed by atoms with Gasteiger partial charge in [0.1, 0.15) is 0 Å². The van der Waals surface area contributed by atoms with E-state index in [0.717, 1.165) is 25.7 Å². The molecular formula is C14H29NO3. The van der Waals surface area contributed by atoms with Gasteiger partial charge in [0.15, 0.2) is 0 Å². The molecule has 18 heavy (non-hydrogen) atoms. The monoisotopic (exact) mass is 259 g/mol. The lowest BCUT2D eigenvalue weighted by Crippen LogP contribution is -2.50. The summed E-state index contributed by atoms with van der Waals surface area (Å²) in [6.07, 6.45) is 6.33. The maximum Gasteiger partial charge on any atom is 0.0898 e. The Labute approximate surface area is 111 Å². The average molecular weight is 259 g/mol. The Balaban J connectivity index is 2.20. The van der Waals surface area contributed by atoms with Gasteiger partial charge in [-0.1, -0.05) is 26.7 Å². The Hall–Kier alpha value is -0.160. The molecule has 1 rings (SSSR count). The summed E-state index contributed by atoms with van der Waals surface area (Å²) < 4.78 is 5.68. The fraction of sp³-hybridized carbons (Fsp3) is 1.00. The highest BCUT2D eigenvalue weighted by molar-refractivity contribution is 4.85. The molecule has 0 aliphatic heterocycles. The number of nitrogens with one attached hydrogen (secondary N) is 1. The molecule has 3 N–H and O–H groups in total. The van der Waals surface area contributed by atoms with Gasteiger partial charge in [0.05, 0.1) is 25.4 Å². The second-order valence-electron chi connectivity index (χ2n) is 5.42. The molecule has 4 heteroatoms. The Morgan fingerprint density at radius 3 is 2.39 bits per heavy atom. The molecule has 1 unspecified atom stereocenters. The van der Waals surface area contributed by atoms with Gasteiger partial charge in [-0.15, -0.1) is 0 Å². The highest BCUT2D eigenvalue weighted by Crippen LogP contribution is 2.21. The molecular weight excluding hydrogens is 230 g/mol. The first-order valence-corrected chi connectivity index (χ1v) is 7.31. The number of ether oxygens (including phenoxy) is 1. The van der Waals surface area contributed by atoms with Gasteiger partial charge < -0.3 is 20.3 Å². The van der Waals surface area contributed by atoms with Crippen LogP contribution in [-0.2, 0) is 4.74 Å². The van der Waals surface area contributed by atoms with Crippen molar-refractivity contribution in [2.24, 2.45) is 0 Å². The predicted octanol–water partition coefficient (Wildman–Crippen LogP) is 1.45. The first-order valence-electron chi connectivity index (χ1n) is 7.31. The van der Waals surface area contributed by atoms with Crippen molar-refractivity contribution in [3.8, 4) is 0 Å². The molecule has 0 aromatic heterocycles. The Morgan fingerprint density at radius 2 is 1.89 bits per heavy atom. The molecule has 0 aromatic carbocycles. The highest BCUT2D eigenvalue weighted by Gasteiger charge is 2.25. The Morgan fingerprint density at radius 1 is 1.28 bits per heavy atom. The van der Waals surface area contributed by atoms with Crippen LogP contribution in [0.5, 0.6) is 0 Å². The number of aliphatic hydroxyl groups excluding tert-OH is 2. The SMILES string of the molecule is CCC(CC)(CO)NCC(O)COC1CCCC1. The number of β-amino-alcohol motifs (C(OH)–C–C–N with tert-alkyl or cyclic N) is 1. The smallest absolute Gasteiger partial charge is 0.0898 e. The average Bonchev–Trinajstić information content (AvgIpc) is 2.92. The lowest BCUT2D eigenvalue weighted by molar-refractivity contribution is -0.00991. The fourth-order valence-electron chi connectivity index (χ4n) is 2.47. The van der Waals surface area contributed by atoms with Crippen LogP contribution in [0.25, 0.3) is 0 Å². The predicted molar refractivity (Wildman–Crippen MR) is 72.6 cm³/mol. The molecule has 0 radical (unpaired) electrons. The van der Waals surface area contributed by atoms with Crippen LogP contribution in [0.4, 0.5) is 0 Å². The van der Waals surface area contributed by atoms with Crippen LogP contribution in [0, 0.1) is 0 Å². The molecule has 0 aromatic rings. The summed E-state index contributed by atoms with van der Waals surface area (Å²) >= 11 is 0. The number of aliphatic hydroxyl groups is 2. The van der Waals surface area contributed by atoms with Crippen LogP contribution in [0.1, 0.15) is 52.4 Å². The first-order chi connectivity index (χ1) is 8.65. The molecule has 1 fully saturated rings. The third-order valence-electron chi connectivity index (χ3n) is 4.20. The lowest BCUT2D eigenvalue weighted by atomic mass is 9.94. The van der Waals surface area contributed by atoms with Gasteiger partial charge >= 0.3 is 0 Å². The fourth-order valence-corrected chi connectivity index (χ4v) is 2.47. The van der Waals surface area contributed by atoms with E-state index in [9.17, 15) is 10.2 Å². The summed E-state index contributed by atoms with van der Waals surface area (Å²) in [5.41, 5.74) is -0.256.